The fraction of sp³-hybridized carbons (Fsp3) is 0.440. The zero-order valence-corrected chi connectivity index (χ0v) is 21.5. The number of aliphatic carboxylic acids is 3. The van der Waals surface area contributed by atoms with E-state index in [1.807, 2.05) is 29.6 Å². The Morgan fingerprint density at radius 2 is 1.36 bits per heavy atom. The van der Waals surface area contributed by atoms with E-state index in [-0.39, 0.29) is 18.8 Å². The molecule has 9 N–H and O–H groups in total. The van der Waals surface area contributed by atoms with Crippen molar-refractivity contribution in [3.63, 3.8) is 0 Å². The summed E-state index contributed by atoms with van der Waals surface area (Å²) in [7, 11) is 0. The highest BCUT2D eigenvalue weighted by Gasteiger charge is 2.32. The van der Waals surface area contributed by atoms with Gasteiger partial charge in [0, 0.05) is 17.1 Å². The van der Waals surface area contributed by atoms with Crippen LogP contribution in [-0.2, 0) is 35.2 Å². The van der Waals surface area contributed by atoms with Gasteiger partial charge in [0.25, 0.3) is 0 Å². The van der Waals surface area contributed by atoms with Crippen LogP contribution < -0.4 is 21.7 Å². The quantitative estimate of drug-likeness (QED) is 0.143. The third-order valence-corrected chi connectivity index (χ3v) is 5.80. The van der Waals surface area contributed by atoms with Gasteiger partial charge in [0.05, 0.1) is 18.9 Å². The predicted octanol–water partition coefficient (Wildman–Crippen LogP) is -0.428. The Balaban J connectivity index is 2.14. The number of carboxylic acids is 3. The van der Waals surface area contributed by atoms with E-state index in [4.69, 9.17) is 15.9 Å². The number of hydrogen-bond acceptors (Lipinski definition) is 7. The molecule has 0 aliphatic heterocycles. The number of carbonyl (C=O) groups is 6. The molecule has 0 aliphatic rings. The average molecular weight is 548 g/mol. The van der Waals surface area contributed by atoms with E-state index in [9.17, 15) is 33.9 Å². The molecule has 0 saturated heterocycles. The molecule has 0 saturated carbocycles. The molecule has 4 unspecified atom stereocenters. The minimum Gasteiger partial charge on any atom is -0.481 e. The van der Waals surface area contributed by atoms with Gasteiger partial charge in [0.2, 0.25) is 17.7 Å². The Labute approximate surface area is 223 Å². The van der Waals surface area contributed by atoms with Gasteiger partial charge in [-0.15, -0.1) is 0 Å². The molecular weight excluding hydrogens is 514 g/mol. The highest BCUT2D eigenvalue weighted by atomic mass is 16.4. The monoisotopic (exact) mass is 547 g/mol. The molecule has 39 heavy (non-hydrogen) atoms. The van der Waals surface area contributed by atoms with Crippen LogP contribution in [-0.4, -0.2) is 80.1 Å². The van der Waals surface area contributed by atoms with Gasteiger partial charge in [0.1, 0.15) is 18.1 Å². The van der Waals surface area contributed by atoms with Crippen molar-refractivity contribution in [2.45, 2.75) is 63.7 Å². The number of carbonyl (C=O) groups excluding carboxylic acids is 3. The first-order chi connectivity index (χ1) is 18.3. The third-order valence-electron chi connectivity index (χ3n) is 5.80. The first kappa shape index (κ1) is 30.8. The lowest BCUT2D eigenvalue weighted by molar-refractivity contribution is -0.148. The molecule has 0 fully saturated rings. The molecule has 0 bridgehead atoms. The van der Waals surface area contributed by atoms with Crippen LogP contribution in [0.1, 0.15) is 38.7 Å². The number of para-hydroxylation sites is 1. The normalized spacial score (nSPS) is 14.2. The molecule has 0 aliphatic carbocycles. The largest absolute Gasteiger partial charge is 0.481 e. The SMILES string of the molecule is CC(C)CC(NC(=O)C(N)Cc1c[nH]c2ccccc12)C(=O)NC(CC(=O)O)C(=O)NC(CC(=O)O)C(=O)O. The molecular formula is C25H33N5O9. The van der Waals surface area contributed by atoms with E-state index in [1.165, 1.54) is 0 Å². The molecule has 1 aromatic carbocycles. The maximum atomic E-state index is 13.1. The van der Waals surface area contributed by atoms with Gasteiger partial charge in [-0.3, -0.25) is 24.0 Å². The van der Waals surface area contributed by atoms with Gasteiger partial charge < -0.3 is 42.0 Å². The van der Waals surface area contributed by atoms with Gasteiger partial charge in [-0.05, 0) is 30.4 Å². The smallest absolute Gasteiger partial charge is 0.326 e. The van der Waals surface area contributed by atoms with E-state index in [0.717, 1.165) is 16.5 Å². The summed E-state index contributed by atoms with van der Waals surface area (Å²) < 4.78 is 0. The van der Waals surface area contributed by atoms with Crippen molar-refractivity contribution in [3.8, 4) is 0 Å². The molecule has 3 amide bonds. The zero-order valence-electron chi connectivity index (χ0n) is 21.5. The third kappa shape index (κ3) is 9.41. The molecule has 4 atom stereocenters. The number of nitrogens with two attached hydrogens (primary N) is 1. The maximum absolute atomic E-state index is 13.1. The number of carboxylic acid groups (broad SMARTS) is 3. The minimum absolute atomic E-state index is 0.107. The first-order valence-electron chi connectivity index (χ1n) is 12.2. The second kappa shape index (κ2) is 13.9. The standard InChI is InChI=1S/C25H33N5O9/c1-12(2)7-17(28-22(35)15(26)8-13-11-27-16-6-4-3-5-14(13)16)23(36)29-18(9-20(31)32)24(37)30-19(25(38)39)10-21(33)34/h3-6,11-12,15,17-19,27H,7-10,26H2,1-2H3,(H,28,35)(H,29,36)(H,30,37)(H,31,32)(H,33,34)(H,38,39). The van der Waals surface area contributed by atoms with Crippen LogP contribution in [0.25, 0.3) is 10.9 Å². The minimum atomic E-state index is -1.85. The highest BCUT2D eigenvalue weighted by molar-refractivity contribution is 5.96. The lowest BCUT2D eigenvalue weighted by Crippen LogP contribution is -2.58. The molecule has 14 nitrogen and oxygen atoms in total. The summed E-state index contributed by atoms with van der Waals surface area (Å²) >= 11 is 0. The van der Waals surface area contributed by atoms with E-state index in [2.05, 4.69) is 15.6 Å². The van der Waals surface area contributed by atoms with Crippen molar-refractivity contribution in [1.82, 2.24) is 20.9 Å². The van der Waals surface area contributed by atoms with Gasteiger partial charge in [-0.1, -0.05) is 32.0 Å². The van der Waals surface area contributed by atoms with Crippen LogP contribution in [0.2, 0.25) is 0 Å². The molecule has 1 heterocycles. The van der Waals surface area contributed by atoms with E-state index >= 15 is 0 Å². The Morgan fingerprint density at radius 1 is 0.821 bits per heavy atom. The predicted molar refractivity (Wildman–Crippen MR) is 137 cm³/mol. The fourth-order valence-corrected chi connectivity index (χ4v) is 3.92. The summed E-state index contributed by atoms with van der Waals surface area (Å²) in [6, 6.07) is 1.64. The summed E-state index contributed by atoms with van der Waals surface area (Å²) in [5.74, 6) is -7.48. The average Bonchev–Trinajstić information content (AvgIpc) is 3.24. The van der Waals surface area contributed by atoms with Crippen molar-refractivity contribution in [1.29, 1.82) is 0 Å². The number of nitrogens with one attached hydrogen (secondary N) is 4. The fourth-order valence-electron chi connectivity index (χ4n) is 3.92. The molecule has 0 spiro atoms. The Morgan fingerprint density at radius 3 is 1.95 bits per heavy atom. The Hall–Kier alpha value is -4.46. The van der Waals surface area contributed by atoms with Gasteiger partial charge in [0.15, 0.2) is 0 Å². The molecule has 2 aromatic rings. The van der Waals surface area contributed by atoms with Crippen molar-refractivity contribution in [2.24, 2.45) is 11.7 Å². The summed E-state index contributed by atoms with van der Waals surface area (Å²) in [5, 5.41) is 34.8. The van der Waals surface area contributed by atoms with Crippen LogP contribution >= 0.6 is 0 Å². The molecule has 0 radical (unpaired) electrons. The summed E-state index contributed by atoms with van der Waals surface area (Å²) in [6.45, 7) is 3.56. The summed E-state index contributed by atoms with van der Waals surface area (Å²) in [6.07, 6.45) is 0.139. The molecule has 212 valence electrons. The van der Waals surface area contributed by atoms with Gasteiger partial charge in [-0.2, -0.15) is 0 Å². The number of hydrogen-bond donors (Lipinski definition) is 8. The highest BCUT2D eigenvalue weighted by Crippen LogP contribution is 2.19. The Bertz CT molecular complexity index is 1230. The van der Waals surface area contributed by atoms with Crippen molar-refractivity contribution >= 4 is 46.5 Å². The lowest BCUT2D eigenvalue weighted by atomic mass is 10.0. The second-order valence-electron chi connectivity index (χ2n) is 9.52. The lowest BCUT2D eigenvalue weighted by Gasteiger charge is -2.25. The van der Waals surface area contributed by atoms with Crippen LogP contribution in [0.4, 0.5) is 0 Å². The van der Waals surface area contributed by atoms with Gasteiger partial charge in [-0.25, -0.2) is 4.79 Å². The number of H-pyrrole nitrogens is 1. The number of aromatic nitrogens is 1. The number of benzene rings is 1. The number of rotatable bonds is 15. The zero-order chi connectivity index (χ0) is 29.3. The van der Waals surface area contributed by atoms with Crippen LogP contribution in [0, 0.1) is 5.92 Å². The summed E-state index contributed by atoms with van der Waals surface area (Å²) in [4.78, 5) is 75.2. The van der Waals surface area contributed by atoms with Crippen LogP contribution in [0.5, 0.6) is 0 Å². The second-order valence-corrected chi connectivity index (χ2v) is 9.52. The van der Waals surface area contributed by atoms with E-state index in [1.54, 1.807) is 20.0 Å². The number of amides is 3. The molecule has 1 aromatic heterocycles. The first-order valence-corrected chi connectivity index (χ1v) is 12.2. The van der Waals surface area contributed by atoms with Crippen LogP contribution in [0.15, 0.2) is 30.5 Å². The Kier molecular flexibility index (Phi) is 11.0. The molecule has 2 rings (SSSR count). The van der Waals surface area contributed by atoms with E-state index < -0.39 is 72.6 Å². The number of fused-ring (bicyclic) bond motifs is 1. The number of aromatic amines is 1. The topological polar surface area (TPSA) is 241 Å². The van der Waals surface area contributed by atoms with Gasteiger partial charge >= 0.3 is 17.9 Å². The van der Waals surface area contributed by atoms with Crippen LogP contribution in [0.3, 0.4) is 0 Å². The summed E-state index contributed by atoms with van der Waals surface area (Å²) in [5.41, 5.74) is 7.78. The van der Waals surface area contributed by atoms with Crippen molar-refractivity contribution in [2.75, 3.05) is 0 Å². The van der Waals surface area contributed by atoms with E-state index in [0.29, 0.717) is 0 Å². The maximum Gasteiger partial charge on any atom is 0.326 e. The van der Waals surface area contributed by atoms with Crippen molar-refractivity contribution < 1.29 is 44.1 Å². The van der Waals surface area contributed by atoms with Crippen molar-refractivity contribution in [3.05, 3.63) is 36.0 Å². The molecule has 14 heteroatoms.